The van der Waals surface area contributed by atoms with Gasteiger partial charge in [-0.25, -0.2) is 4.39 Å². The maximum absolute atomic E-state index is 13.7. The van der Waals surface area contributed by atoms with Crippen molar-refractivity contribution >= 4 is 45.9 Å². The minimum absolute atomic E-state index is 0.0716. The van der Waals surface area contributed by atoms with Gasteiger partial charge in [0.25, 0.3) is 0 Å². The number of hydrogen-bond donors (Lipinski definition) is 1. The summed E-state index contributed by atoms with van der Waals surface area (Å²) >= 11 is 7.26. The fourth-order valence-electron chi connectivity index (χ4n) is 2.87. The Bertz CT molecular complexity index is 1190. The number of carbonyl (C=O) groups is 1. The molecule has 4 rings (SSSR count). The topological polar surface area (TPSA) is 73.0 Å². The van der Waals surface area contributed by atoms with Gasteiger partial charge in [0.2, 0.25) is 11.7 Å². The van der Waals surface area contributed by atoms with Crippen molar-refractivity contribution < 1.29 is 13.6 Å². The van der Waals surface area contributed by atoms with E-state index in [0.29, 0.717) is 33.9 Å². The molecule has 2 aromatic heterocycles. The van der Waals surface area contributed by atoms with Crippen LogP contribution in [0.2, 0.25) is 5.02 Å². The van der Waals surface area contributed by atoms with Gasteiger partial charge < -0.3 is 9.73 Å². The Kier molecular flexibility index (Phi) is 5.55. The maximum Gasteiger partial charge on any atom is 0.234 e. The molecule has 0 unspecified atom stereocenters. The van der Waals surface area contributed by atoms with E-state index < -0.39 is 5.82 Å². The van der Waals surface area contributed by atoms with Gasteiger partial charge >= 0.3 is 0 Å². The summed E-state index contributed by atoms with van der Waals surface area (Å²) in [6.07, 6.45) is 0. The molecule has 4 aromatic rings. The van der Waals surface area contributed by atoms with Gasteiger partial charge in [0.1, 0.15) is 11.4 Å². The number of fused-ring (bicyclic) bond motifs is 1. The van der Waals surface area contributed by atoms with Crippen LogP contribution >= 0.6 is 23.4 Å². The van der Waals surface area contributed by atoms with Crippen LogP contribution in [0.4, 0.5) is 10.1 Å². The third kappa shape index (κ3) is 4.13. The van der Waals surface area contributed by atoms with Crippen LogP contribution in [0, 0.1) is 5.82 Å². The second kappa shape index (κ2) is 8.26. The van der Waals surface area contributed by atoms with Crippen molar-refractivity contribution in [1.29, 1.82) is 0 Å². The van der Waals surface area contributed by atoms with E-state index in [9.17, 15) is 9.18 Å². The molecule has 0 aliphatic carbocycles. The summed E-state index contributed by atoms with van der Waals surface area (Å²) < 4.78 is 21.4. The van der Waals surface area contributed by atoms with Crippen molar-refractivity contribution in [2.24, 2.45) is 0 Å². The van der Waals surface area contributed by atoms with Gasteiger partial charge in [-0.2, -0.15) is 0 Å². The smallest absolute Gasteiger partial charge is 0.234 e. The molecule has 0 fully saturated rings. The zero-order valence-electron chi connectivity index (χ0n) is 15.4. The van der Waals surface area contributed by atoms with Crippen LogP contribution in [-0.4, -0.2) is 26.4 Å². The zero-order valence-corrected chi connectivity index (χ0v) is 16.9. The maximum atomic E-state index is 13.7. The molecule has 29 heavy (non-hydrogen) atoms. The number of para-hydroxylation sites is 1. The van der Waals surface area contributed by atoms with Gasteiger partial charge in [-0.15, -0.1) is 10.2 Å². The molecule has 9 heteroatoms. The van der Waals surface area contributed by atoms with E-state index in [-0.39, 0.29) is 17.3 Å². The predicted molar refractivity (Wildman–Crippen MR) is 112 cm³/mol. The van der Waals surface area contributed by atoms with Crippen LogP contribution in [0.25, 0.3) is 22.6 Å². The predicted octanol–water partition coefficient (Wildman–Crippen LogP) is 5.23. The number of rotatable bonds is 6. The van der Waals surface area contributed by atoms with E-state index in [1.54, 1.807) is 24.3 Å². The monoisotopic (exact) mass is 430 g/mol. The van der Waals surface area contributed by atoms with Gasteiger partial charge in [-0.1, -0.05) is 35.5 Å². The lowest BCUT2D eigenvalue weighted by molar-refractivity contribution is -0.113. The molecule has 2 heterocycles. The molecule has 0 aliphatic rings. The summed E-state index contributed by atoms with van der Waals surface area (Å²) in [5, 5.41) is 13.0. The van der Waals surface area contributed by atoms with Crippen molar-refractivity contribution in [3.05, 3.63) is 59.4 Å². The van der Waals surface area contributed by atoms with Gasteiger partial charge in [0, 0.05) is 17.0 Å². The number of benzene rings is 2. The van der Waals surface area contributed by atoms with Crippen molar-refractivity contribution in [2.75, 3.05) is 11.1 Å². The summed E-state index contributed by atoms with van der Waals surface area (Å²) in [7, 11) is 0. The molecular formula is C20H16ClFN4O2S. The Hall–Kier alpha value is -2.84. The fourth-order valence-corrected chi connectivity index (χ4v) is 3.85. The third-order valence-corrected chi connectivity index (χ3v) is 5.41. The Morgan fingerprint density at radius 2 is 2.07 bits per heavy atom. The van der Waals surface area contributed by atoms with E-state index in [4.69, 9.17) is 16.0 Å². The van der Waals surface area contributed by atoms with Crippen molar-refractivity contribution in [1.82, 2.24) is 14.8 Å². The van der Waals surface area contributed by atoms with Crippen molar-refractivity contribution in [3.8, 4) is 11.6 Å². The molecule has 0 bridgehead atoms. The van der Waals surface area contributed by atoms with E-state index in [1.807, 2.05) is 23.6 Å². The summed E-state index contributed by atoms with van der Waals surface area (Å²) in [4.78, 5) is 12.2. The highest BCUT2D eigenvalue weighted by Crippen LogP contribution is 2.30. The highest BCUT2D eigenvalue weighted by atomic mass is 35.5. The average molecular weight is 431 g/mol. The number of halogens is 2. The molecule has 0 aliphatic heterocycles. The molecule has 0 radical (unpaired) electrons. The first-order chi connectivity index (χ1) is 14.0. The molecule has 0 spiro atoms. The van der Waals surface area contributed by atoms with Crippen LogP contribution in [0.5, 0.6) is 0 Å². The second-order valence-electron chi connectivity index (χ2n) is 6.16. The Balaban J connectivity index is 1.51. The summed E-state index contributed by atoms with van der Waals surface area (Å²) in [6.45, 7) is 2.55. The van der Waals surface area contributed by atoms with E-state index in [0.717, 1.165) is 5.39 Å². The van der Waals surface area contributed by atoms with Crippen LogP contribution in [0.15, 0.2) is 58.1 Å². The standard InChI is InChI=1S/C20H16ClFN4O2S/c1-2-26-19(17-10-12-9-13(21)7-8-16(12)28-17)24-25-20(26)29-11-18(27)23-15-6-4-3-5-14(15)22/h3-10H,2,11H2,1H3,(H,23,27). The fraction of sp³-hybridized carbons (Fsp3) is 0.150. The SMILES string of the molecule is CCn1c(SCC(=O)Nc2ccccc2F)nnc1-c1cc2cc(Cl)ccc2o1. The lowest BCUT2D eigenvalue weighted by Crippen LogP contribution is -2.15. The molecule has 1 N–H and O–H groups in total. The highest BCUT2D eigenvalue weighted by molar-refractivity contribution is 7.99. The number of furan rings is 1. The summed E-state index contributed by atoms with van der Waals surface area (Å²) in [5.74, 6) is 0.402. The molecule has 148 valence electrons. The van der Waals surface area contributed by atoms with Gasteiger partial charge in [0.05, 0.1) is 11.4 Å². The largest absolute Gasteiger partial charge is 0.453 e. The number of anilines is 1. The van der Waals surface area contributed by atoms with Gasteiger partial charge in [0.15, 0.2) is 10.9 Å². The van der Waals surface area contributed by atoms with Crippen molar-refractivity contribution in [2.45, 2.75) is 18.6 Å². The van der Waals surface area contributed by atoms with Crippen LogP contribution in [0.1, 0.15) is 6.92 Å². The Labute approximate surface area is 175 Å². The van der Waals surface area contributed by atoms with Crippen LogP contribution in [0.3, 0.4) is 0 Å². The second-order valence-corrected chi connectivity index (χ2v) is 7.54. The Morgan fingerprint density at radius 1 is 1.24 bits per heavy atom. The third-order valence-electron chi connectivity index (χ3n) is 4.21. The zero-order chi connectivity index (χ0) is 20.4. The number of thioether (sulfide) groups is 1. The number of amides is 1. The van der Waals surface area contributed by atoms with E-state index in [1.165, 1.54) is 23.9 Å². The molecule has 0 atom stereocenters. The molecule has 1 amide bonds. The molecule has 0 saturated heterocycles. The van der Waals surface area contributed by atoms with Gasteiger partial charge in [-0.3, -0.25) is 9.36 Å². The quantitative estimate of drug-likeness (QED) is 0.424. The first-order valence-corrected chi connectivity index (χ1v) is 10.2. The minimum Gasteiger partial charge on any atom is -0.453 e. The van der Waals surface area contributed by atoms with Crippen molar-refractivity contribution in [3.63, 3.8) is 0 Å². The number of hydrogen-bond acceptors (Lipinski definition) is 5. The van der Waals surface area contributed by atoms with E-state index in [2.05, 4.69) is 15.5 Å². The lowest BCUT2D eigenvalue weighted by atomic mass is 10.2. The lowest BCUT2D eigenvalue weighted by Gasteiger charge is -2.07. The van der Waals surface area contributed by atoms with E-state index >= 15 is 0 Å². The number of aromatic nitrogens is 3. The number of nitrogens with zero attached hydrogens (tertiary/aromatic N) is 3. The first-order valence-electron chi connectivity index (χ1n) is 8.85. The normalized spacial score (nSPS) is 11.1. The van der Waals surface area contributed by atoms with Crippen LogP contribution < -0.4 is 5.32 Å². The van der Waals surface area contributed by atoms with Crippen LogP contribution in [-0.2, 0) is 11.3 Å². The number of carbonyl (C=O) groups excluding carboxylic acids is 1. The molecule has 0 saturated carbocycles. The minimum atomic E-state index is -0.477. The highest BCUT2D eigenvalue weighted by Gasteiger charge is 2.18. The average Bonchev–Trinajstić information content (AvgIpc) is 3.31. The molecule has 2 aromatic carbocycles. The first kappa shape index (κ1) is 19.5. The molecular weight excluding hydrogens is 415 g/mol. The summed E-state index contributed by atoms with van der Waals surface area (Å²) in [5.41, 5.74) is 0.852. The Morgan fingerprint density at radius 3 is 2.86 bits per heavy atom. The summed E-state index contributed by atoms with van der Waals surface area (Å²) in [6, 6.07) is 13.3. The number of nitrogens with one attached hydrogen (secondary N) is 1. The van der Waals surface area contributed by atoms with Gasteiger partial charge in [-0.05, 0) is 43.3 Å². The molecule has 6 nitrogen and oxygen atoms in total.